The highest BCUT2D eigenvalue weighted by Gasteiger charge is 2.21. The predicted molar refractivity (Wildman–Crippen MR) is 89.5 cm³/mol. The van der Waals surface area contributed by atoms with Gasteiger partial charge in [0.15, 0.2) is 5.58 Å². The monoisotopic (exact) mass is 384 g/mol. The summed E-state index contributed by atoms with van der Waals surface area (Å²) in [5.41, 5.74) is 4.20. The summed E-state index contributed by atoms with van der Waals surface area (Å²) in [6.07, 6.45) is 0. The van der Waals surface area contributed by atoms with Gasteiger partial charge in [0.05, 0.1) is 10.0 Å². The molecule has 1 unspecified atom stereocenters. The molecule has 0 aliphatic carbocycles. The normalized spacial score (nSPS) is 12.8. The van der Waals surface area contributed by atoms with Gasteiger partial charge >= 0.3 is 0 Å². The van der Waals surface area contributed by atoms with Crippen molar-refractivity contribution in [1.29, 1.82) is 0 Å². The second-order valence-corrected chi connectivity index (χ2v) is 6.19. The number of hydrogen-bond donors (Lipinski definition) is 2. The molecule has 0 amide bonds. The molecular weight excluding hydrogens is 375 g/mol. The number of rotatable bonds is 3. The van der Waals surface area contributed by atoms with E-state index in [1.807, 2.05) is 36.4 Å². The highest BCUT2D eigenvalue weighted by molar-refractivity contribution is 9.10. The molecule has 0 spiro atoms. The first-order valence-electron chi connectivity index (χ1n) is 6.20. The summed E-state index contributed by atoms with van der Waals surface area (Å²) < 4.78 is 6.65. The lowest BCUT2D eigenvalue weighted by Crippen LogP contribution is -2.28. The largest absolute Gasteiger partial charge is 0.457 e. The first-order chi connectivity index (χ1) is 10.1. The maximum atomic E-state index is 6.34. The number of para-hydroxylation sites is 1. The van der Waals surface area contributed by atoms with Crippen LogP contribution in [0.2, 0.25) is 10.0 Å². The second-order valence-electron chi connectivity index (χ2n) is 4.55. The van der Waals surface area contributed by atoms with Crippen molar-refractivity contribution in [2.75, 3.05) is 0 Å². The van der Waals surface area contributed by atoms with E-state index >= 15 is 0 Å². The molecule has 3 N–H and O–H groups in total. The zero-order valence-electron chi connectivity index (χ0n) is 10.7. The van der Waals surface area contributed by atoms with Crippen molar-refractivity contribution >= 4 is 50.1 Å². The fourth-order valence-electron chi connectivity index (χ4n) is 2.26. The van der Waals surface area contributed by atoms with Gasteiger partial charge < -0.3 is 4.42 Å². The molecule has 3 rings (SSSR count). The molecule has 3 aromatic rings. The Labute approximate surface area is 140 Å². The lowest BCUT2D eigenvalue weighted by Gasteiger charge is -2.16. The SMILES string of the molecule is NNC(c1cc2cccc(Cl)c2o1)c1cccc(Br)c1Cl. The summed E-state index contributed by atoms with van der Waals surface area (Å²) >= 11 is 15.9. The lowest BCUT2D eigenvalue weighted by molar-refractivity contribution is 0.477. The van der Waals surface area contributed by atoms with Gasteiger partial charge in [0.2, 0.25) is 0 Å². The zero-order valence-corrected chi connectivity index (χ0v) is 13.8. The van der Waals surface area contributed by atoms with E-state index in [4.69, 9.17) is 33.5 Å². The van der Waals surface area contributed by atoms with E-state index < -0.39 is 0 Å². The summed E-state index contributed by atoms with van der Waals surface area (Å²) in [6.45, 7) is 0. The van der Waals surface area contributed by atoms with Crippen LogP contribution in [-0.2, 0) is 0 Å². The zero-order chi connectivity index (χ0) is 15.0. The van der Waals surface area contributed by atoms with Crippen LogP contribution >= 0.6 is 39.1 Å². The van der Waals surface area contributed by atoms with E-state index in [1.54, 1.807) is 6.07 Å². The molecule has 2 aromatic carbocycles. The Kier molecular flexibility index (Phi) is 4.24. The van der Waals surface area contributed by atoms with Gasteiger partial charge in [-0.3, -0.25) is 5.84 Å². The molecule has 0 bridgehead atoms. The summed E-state index contributed by atoms with van der Waals surface area (Å²) in [6, 6.07) is 12.8. The van der Waals surface area contributed by atoms with E-state index in [0.717, 1.165) is 15.4 Å². The summed E-state index contributed by atoms with van der Waals surface area (Å²) in [5.74, 6) is 6.35. The first kappa shape index (κ1) is 14.9. The molecule has 3 nitrogen and oxygen atoms in total. The Hall–Kier alpha value is -1.04. The van der Waals surface area contributed by atoms with E-state index in [2.05, 4.69) is 21.4 Å². The van der Waals surface area contributed by atoms with Crippen molar-refractivity contribution in [2.24, 2.45) is 5.84 Å². The molecule has 1 heterocycles. The Morgan fingerprint density at radius 1 is 1.14 bits per heavy atom. The molecular formula is C15H11BrCl2N2O. The molecule has 6 heteroatoms. The number of nitrogens with two attached hydrogens (primary N) is 1. The molecule has 1 aromatic heterocycles. The first-order valence-corrected chi connectivity index (χ1v) is 7.74. The lowest BCUT2D eigenvalue weighted by atomic mass is 10.0. The second kappa shape index (κ2) is 5.99. The predicted octanol–water partition coefficient (Wildman–Crippen LogP) is 5.05. The summed E-state index contributed by atoms with van der Waals surface area (Å²) in [4.78, 5) is 0. The number of halogens is 3. The number of benzene rings is 2. The number of hydrogen-bond acceptors (Lipinski definition) is 3. The fraction of sp³-hybridized carbons (Fsp3) is 0.0667. The van der Waals surface area contributed by atoms with E-state index in [9.17, 15) is 0 Å². The third kappa shape index (κ3) is 2.70. The molecule has 0 saturated carbocycles. The highest BCUT2D eigenvalue weighted by Crippen LogP contribution is 2.36. The van der Waals surface area contributed by atoms with Crippen LogP contribution in [0, 0.1) is 0 Å². The molecule has 1 atom stereocenters. The minimum atomic E-state index is -0.363. The number of hydrazine groups is 1. The molecule has 0 saturated heterocycles. The Balaban J connectivity index is 2.14. The van der Waals surface area contributed by atoms with Gasteiger partial charge in [-0.15, -0.1) is 0 Å². The average molecular weight is 386 g/mol. The standard InChI is InChI=1S/C15H11BrCl2N2O/c16-10-5-2-4-9(13(10)18)14(20-19)12-7-8-3-1-6-11(17)15(8)21-12/h1-7,14,20H,19H2. The maximum Gasteiger partial charge on any atom is 0.152 e. The van der Waals surface area contributed by atoms with Crippen molar-refractivity contribution in [3.05, 3.63) is 68.3 Å². The van der Waals surface area contributed by atoms with Crippen LogP contribution in [0.25, 0.3) is 11.0 Å². The van der Waals surface area contributed by atoms with Crippen molar-refractivity contribution in [1.82, 2.24) is 5.43 Å². The van der Waals surface area contributed by atoms with Crippen LogP contribution in [0.4, 0.5) is 0 Å². The molecule has 0 aliphatic rings. The third-order valence-corrected chi connectivity index (χ3v) is 4.87. The van der Waals surface area contributed by atoms with Crippen molar-refractivity contribution in [3.8, 4) is 0 Å². The number of furan rings is 1. The highest BCUT2D eigenvalue weighted by atomic mass is 79.9. The topological polar surface area (TPSA) is 51.2 Å². The van der Waals surface area contributed by atoms with Crippen LogP contribution in [0.1, 0.15) is 17.4 Å². The van der Waals surface area contributed by atoms with Gasteiger partial charge in [0.1, 0.15) is 11.8 Å². The van der Waals surface area contributed by atoms with Crippen molar-refractivity contribution in [3.63, 3.8) is 0 Å². The van der Waals surface area contributed by atoms with Gasteiger partial charge in [-0.2, -0.15) is 0 Å². The van der Waals surface area contributed by atoms with Gasteiger partial charge in [-0.25, -0.2) is 5.43 Å². The van der Waals surface area contributed by atoms with E-state index in [0.29, 0.717) is 21.4 Å². The van der Waals surface area contributed by atoms with Gasteiger partial charge in [0.25, 0.3) is 0 Å². The third-order valence-electron chi connectivity index (χ3n) is 3.26. The van der Waals surface area contributed by atoms with E-state index in [-0.39, 0.29) is 6.04 Å². The maximum absolute atomic E-state index is 6.34. The van der Waals surface area contributed by atoms with E-state index in [1.165, 1.54) is 0 Å². The molecule has 108 valence electrons. The minimum Gasteiger partial charge on any atom is -0.457 e. The Morgan fingerprint density at radius 3 is 2.62 bits per heavy atom. The molecule has 0 fully saturated rings. The van der Waals surface area contributed by atoms with Gasteiger partial charge in [-0.05, 0) is 39.7 Å². The van der Waals surface area contributed by atoms with Crippen LogP contribution in [0.5, 0.6) is 0 Å². The van der Waals surface area contributed by atoms with Crippen LogP contribution in [-0.4, -0.2) is 0 Å². The van der Waals surface area contributed by atoms with Crippen molar-refractivity contribution in [2.45, 2.75) is 6.04 Å². The number of nitrogens with one attached hydrogen (secondary N) is 1. The molecule has 0 radical (unpaired) electrons. The number of fused-ring (bicyclic) bond motifs is 1. The quantitative estimate of drug-likeness (QED) is 0.489. The Morgan fingerprint density at radius 2 is 1.90 bits per heavy atom. The molecule has 0 aliphatic heterocycles. The van der Waals surface area contributed by atoms with Crippen LogP contribution in [0.15, 0.2) is 51.4 Å². The molecule has 21 heavy (non-hydrogen) atoms. The minimum absolute atomic E-state index is 0.363. The van der Waals surface area contributed by atoms with Crippen molar-refractivity contribution < 1.29 is 4.42 Å². The summed E-state index contributed by atoms with van der Waals surface area (Å²) in [7, 11) is 0. The fourth-order valence-corrected chi connectivity index (χ4v) is 3.10. The smallest absolute Gasteiger partial charge is 0.152 e. The van der Waals surface area contributed by atoms with Crippen LogP contribution in [0.3, 0.4) is 0 Å². The summed E-state index contributed by atoms with van der Waals surface area (Å²) in [5, 5.41) is 2.07. The van der Waals surface area contributed by atoms with Gasteiger partial charge in [-0.1, -0.05) is 47.5 Å². The average Bonchev–Trinajstić information content (AvgIpc) is 2.89. The van der Waals surface area contributed by atoms with Crippen LogP contribution < -0.4 is 11.3 Å². The van der Waals surface area contributed by atoms with Gasteiger partial charge in [0, 0.05) is 9.86 Å². The Bertz CT molecular complexity index is 803.